The third kappa shape index (κ3) is 2.35. The van der Waals surface area contributed by atoms with Gasteiger partial charge in [0.25, 0.3) is 0 Å². The third-order valence-electron chi connectivity index (χ3n) is 1.31. The van der Waals surface area contributed by atoms with Gasteiger partial charge in [-0.2, -0.15) is 0 Å². The van der Waals surface area contributed by atoms with Crippen molar-refractivity contribution in [3.05, 3.63) is 0 Å². The monoisotopic (exact) mass is 129 g/mol. The molecule has 0 rings (SSSR count). The van der Waals surface area contributed by atoms with Crippen LogP contribution < -0.4 is 5.73 Å². The zero-order chi connectivity index (χ0) is 7.65. The second kappa shape index (κ2) is 2.25. The molecule has 1 radical (unpaired) electrons. The standard InChI is InChI=1S/C6H13N2O/c1-6(2,3)8(4)5(7)9/h7H,1-4H3. The quantitative estimate of drug-likeness (QED) is 0.483. The lowest BCUT2D eigenvalue weighted by Gasteiger charge is -2.29. The van der Waals surface area contributed by atoms with Crippen molar-refractivity contribution in [3.8, 4) is 0 Å². The van der Waals surface area contributed by atoms with E-state index < -0.39 is 6.03 Å². The molecule has 0 aliphatic rings. The van der Waals surface area contributed by atoms with Gasteiger partial charge in [-0.25, -0.2) is 10.5 Å². The average Bonchev–Trinajstić information content (AvgIpc) is 1.62. The fourth-order valence-corrected chi connectivity index (χ4v) is 0.305. The van der Waals surface area contributed by atoms with Crippen molar-refractivity contribution in [2.45, 2.75) is 26.3 Å². The summed E-state index contributed by atoms with van der Waals surface area (Å²) in [5.41, 5.74) is 6.50. The second-order valence-electron chi connectivity index (χ2n) is 3.03. The Morgan fingerprint density at radius 2 is 1.78 bits per heavy atom. The van der Waals surface area contributed by atoms with Crippen LogP contribution in [0.1, 0.15) is 20.8 Å². The molecule has 3 heteroatoms. The summed E-state index contributed by atoms with van der Waals surface area (Å²) < 4.78 is 0. The molecule has 0 spiro atoms. The lowest BCUT2D eigenvalue weighted by molar-refractivity contribution is 0.173. The molecule has 9 heavy (non-hydrogen) atoms. The fraction of sp³-hybridized carbons (Fsp3) is 0.833. The van der Waals surface area contributed by atoms with E-state index in [9.17, 15) is 4.79 Å². The van der Waals surface area contributed by atoms with E-state index in [1.54, 1.807) is 7.05 Å². The molecule has 0 fully saturated rings. The zero-order valence-corrected chi connectivity index (χ0v) is 6.36. The summed E-state index contributed by atoms with van der Waals surface area (Å²) >= 11 is 0. The Hall–Kier alpha value is -0.730. The van der Waals surface area contributed by atoms with E-state index in [4.69, 9.17) is 5.73 Å². The molecule has 3 nitrogen and oxygen atoms in total. The first kappa shape index (κ1) is 8.27. The first-order valence-electron chi connectivity index (χ1n) is 2.85. The maximum absolute atomic E-state index is 10.4. The average molecular weight is 129 g/mol. The molecule has 2 amide bonds. The van der Waals surface area contributed by atoms with E-state index >= 15 is 0 Å². The molecular formula is C6H13N2O. The van der Waals surface area contributed by atoms with Crippen LogP contribution in [0.25, 0.3) is 0 Å². The predicted octanol–water partition coefficient (Wildman–Crippen LogP) is 1.12. The Bertz CT molecular complexity index is 115. The third-order valence-corrected chi connectivity index (χ3v) is 1.31. The van der Waals surface area contributed by atoms with Crippen LogP contribution in [0.5, 0.6) is 0 Å². The molecule has 0 aliphatic heterocycles. The van der Waals surface area contributed by atoms with Crippen LogP contribution in [0.15, 0.2) is 0 Å². The Kier molecular flexibility index (Phi) is 2.07. The Balaban J connectivity index is 4.04. The smallest absolute Gasteiger partial charge is 0.322 e. The second-order valence-corrected chi connectivity index (χ2v) is 3.03. The van der Waals surface area contributed by atoms with Crippen LogP contribution in [0, 0.1) is 0 Å². The lowest BCUT2D eigenvalue weighted by Crippen LogP contribution is -2.42. The molecule has 0 bridgehead atoms. The van der Waals surface area contributed by atoms with Crippen molar-refractivity contribution in [2.75, 3.05) is 7.05 Å². The minimum atomic E-state index is -0.637. The maximum Gasteiger partial charge on any atom is 0.336 e. The number of carbonyl (C=O) groups is 1. The molecule has 1 N–H and O–H groups in total. The van der Waals surface area contributed by atoms with Gasteiger partial charge in [0.2, 0.25) is 0 Å². The van der Waals surface area contributed by atoms with Crippen molar-refractivity contribution in [1.82, 2.24) is 10.6 Å². The lowest BCUT2D eigenvalue weighted by atomic mass is 10.1. The largest absolute Gasteiger partial charge is 0.336 e. The maximum atomic E-state index is 10.4. The van der Waals surface area contributed by atoms with Crippen molar-refractivity contribution >= 4 is 6.03 Å². The molecule has 0 unspecified atom stereocenters. The van der Waals surface area contributed by atoms with Crippen LogP contribution in [0.2, 0.25) is 0 Å². The van der Waals surface area contributed by atoms with E-state index in [0.717, 1.165) is 0 Å². The number of hydrogen-bond donors (Lipinski definition) is 0. The molecular weight excluding hydrogens is 116 g/mol. The Labute approximate surface area is 55.8 Å². The molecule has 0 aromatic heterocycles. The van der Waals surface area contributed by atoms with E-state index in [1.807, 2.05) is 20.8 Å². The minimum Gasteiger partial charge on any atom is -0.322 e. The van der Waals surface area contributed by atoms with Crippen LogP contribution in [-0.4, -0.2) is 23.5 Å². The minimum absolute atomic E-state index is 0.223. The van der Waals surface area contributed by atoms with E-state index in [1.165, 1.54) is 4.90 Å². The van der Waals surface area contributed by atoms with E-state index in [2.05, 4.69) is 0 Å². The molecule has 0 atom stereocenters. The van der Waals surface area contributed by atoms with Crippen molar-refractivity contribution in [2.24, 2.45) is 0 Å². The van der Waals surface area contributed by atoms with Gasteiger partial charge >= 0.3 is 6.03 Å². The van der Waals surface area contributed by atoms with Crippen molar-refractivity contribution in [1.29, 1.82) is 0 Å². The Morgan fingerprint density at radius 3 is 1.78 bits per heavy atom. The number of nitrogens with one attached hydrogen (secondary N) is 1. The van der Waals surface area contributed by atoms with Gasteiger partial charge in [0.15, 0.2) is 0 Å². The summed E-state index contributed by atoms with van der Waals surface area (Å²) in [6.07, 6.45) is 0. The summed E-state index contributed by atoms with van der Waals surface area (Å²) in [5, 5.41) is 0. The zero-order valence-electron chi connectivity index (χ0n) is 6.36. The number of carbonyl (C=O) groups excluding carboxylic acids is 1. The molecule has 0 saturated carbocycles. The highest BCUT2D eigenvalue weighted by Crippen LogP contribution is 2.08. The normalized spacial score (nSPS) is 11.1. The van der Waals surface area contributed by atoms with Crippen LogP contribution in [0.3, 0.4) is 0 Å². The summed E-state index contributed by atoms with van der Waals surface area (Å²) in [4.78, 5) is 11.8. The summed E-state index contributed by atoms with van der Waals surface area (Å²) in [6.45, 7) is 5.66. The van der Waals surface area contributed by atoms with Crippen LogP contribution in [-0.2, 0) is 0 Å². The molecule has 0 aromatic carbocycles. The van der Waals surface area contributed by atoms with Crippen molar-refractivity contribution < 1.29 is 4.79 Å². The SMILES string of the molecule is CN(C([NH])=O)C(C)(C)C. The predicted molar refractivity (Wildman–Crippen MR) is 36.0 cm³/mol. The first-order chi connectivity index (χ1) is 3.85. The molecule has 53 valence electrons. The summed E-state index contributed by atoms with van der Waals surface area (Å²) in [5.74, 6) is 0. The van der Waals surface area contributed by atoms with Gasteiger partial charge in [-0.05, 0) is 20.8 Å². The van der Waals surface area contributed by atoms with Gasteiger partial charge in [-0.1, -0.05) is 0 Å². The van der Waals surface area contributed by atoms with E-state index in [-0.39, 0.29) is 5.54 Å². The van der Waals surface area contributed by atoms with Gasteiger partial charge < -0.3 is 4.90 Å². The molecule has 0 saturated heterocycles. The molecule has 0 aromatic rings. The summed E-state index contributed by atoms with van der Waals surface area (Å²) in [7, 11) is 1.62. The topological polar surface area (TPSA) is 44.1 Å². The van der Waals surface area contributed by atoms with Gasteiger partial charge in [0.05, 0.1) is 0 Å². The van der Waals surface area contributed by atoms with Crippen molar-refractivity contribution in [3.63, 3.8) is 0 Å². The highest BCUT2D eigenvalue weighted by atomic mass is 16.2. The van der Waals surface area contributed by atoms with Crippen LogP contribution in [0.4, 0.5) is 4.79 Å². The molecule has 0 aliphatic carbocycles. The number of nitrogens with zero attached hydrogens (tertiary/aromatic N) is 1. The Morgan fingerprint density at radius 1 is 1.44 bits per heavy atom. The fourth-order valence-electron chi connectivity index (χ4n) is 0.305. The number of rotatable bonds is 0. The van der Waals surface area contributed by atoms with Gasteiger partial charge in [0, 0.05) is 12.6 Å². The number of hydrogen-bond acceptors (Lipinski definition) is 1. The van der Waals surface area contributed by atoms with Gasteiger partial charge in [-0.3, -0.25) is 0 Å². The molecule has 0 heterocycles. The number of amides is 2. The summed E-state index contributed by atoms with van der Waals surface area (Å²) in [6, 6.07) is -0.637. The number of urea groups is 1. The first-order valence-corrected chi connectivity index (χ1v) is 2.85. The highest BCUT2D eigenvalue weighted by Gasteiger charge is 2.19. The van der Waals surface area contributed by atoms with E-state index in [0.29, 0.717) is 0 Å². The van der Waals surface area contributed by atoms with Gasteiger partial charge in [-0.15, -0.1) is 0 Å². The highest BCUT2D eigenvalue weighted by molar-refractivity contribution is 5.71. The van der Waals surface area contributed by atoms with Gasteiger partial charge in [0.1, 0.15) is 0 Å². The van der Waals surface area contributed by atoms with Crippen LogP contribution >= 0.6 is 0 Å².